The summed E-state index contributed by atoms with van der Waals surface area (Å²) in [6, 6.07) is 3.71. The molecule has 6 nitrogen and oxygen atoms in total. The molecule has 0 saturated carbocycles. The van der Waals surface area contributed by atoms with Crippen molar-refractivity contribution < 1.29 is 13.9 Å². The smallest absolute Gasteiger partial charge is 0.264 e. The summed E-state index contributed by atoms with van der Waals surface area (Å²) in [7, 11) is 1.89. The van der Waals surface area contributed by atoms with Crippen molar-refractivity contribution >= 4 is 34.0 Å². The van der Waals surface area contributed by atoms with Gasteiger partial charge in [-0.05, 0) is 25.1 Å². The van der Waals surface area contributed by atoms with Gasteiger partial charge < -0.3 is 9.30 Å². The van der Waals surface area contributed by atoms with Crippen LogP contribution < -0.4 is 10.1 Å². The first-order chi connectivity index (χ1) is 11.9. The molecule has 0 fully saturated rings. The predicted octanol–water partition coefficient (Wildman–Crippen LogP) is 3.66. The Hall–Kier alpha value is -2.45. The average molecular weight is 381 g/mol. The lowest BCUT2D eigenvalue weighted by atomic mass is 10.3. The molecule has 9 heteroatoms. The standard InChI is InChI=1S/C16H14ClFN4O2S/c1-9-14(15-19-5-6-22(15)2)25-16(20-9)21-13(23)8-24-12-4-3-10(18)7-11(12)17/h3-7H,8H2,1-2H3,(H,20,21,23). The molecule has 3 rings (SSSR count). The van der Waals surface area contributed by atoms with E-state index in [1.54, 1.807) is 6.20 Å². The number of aryl methyl sites for hydroxylation is 2. The molecule has 1 N–H and O–H groups in total. The number of carbonyl (C=O) groups excluding carboxylic acids is 1. The Morgan fingerprint density at radius 2 is 2.28 bits per heavy atom. The van der Waals surface area contributed by atoms with Crippen molar-refractivity contribution in [3.05, 3.63) is 47.1 Å². The molecule has 1 amide bonds. The highest BCUT2D eigenvalue weighted by atomic mass is 35.5. The Morgan fingerprint density at radius 1 is 1.48 bits per heavy atom. The van der Waals surface area contributed by atoms with Crippen LogP contribution in [0.25, 0.3) is 10.7 Å². The number of halogens is 2. The van der Waals surface area contributed by atoms with E-state index >= 15 is 0 Å². The second-order valence-corrected chi connectivity index (χ2v) is 6.61. The fourth-order valence-corrected chi connectivity index (χ4v) is 3.38. The number of amides is 1. The van der Waals surface area contributed by atoms with Crippen molar-refractivity contribution in [1.29, 1.82) is 0 Å². The Labute approximate surface area is 152 Å². The van der Waals surface area contributed by atoms with Crippen LogP contribution in [0.4, 0.5) is 9.52 Å². The maximum atomic E-state index is 13.0. The van der Waals surface area contributed by atoms with Crippen LogP contribution in [0.3, 0.4) is 0 Å². The van der Waals surface area contributed by atoms with E-state index in [9.17, 15) is 9.18 Å². The molecule has 2 aromatic heterocycles. The van der Waals surface area contributed by atoms with E-state index in [1.165, 1.54) is 23.5 Å². The number of ether oxygens (including phenoxy) is 1. The highest BCUT2D eigenvalue weighted by molar-refractivity contribution is 7.19. The largest absolute Gasteiger partial charge is 0.482 e. The molecule has 0 atom stereocenters. The number of hydrogen-bond donors (Lipinski definition) is 1. The van der Waals surface area contributed by atoms with Gasteiger partial charge in [0.25, 0.3) is 5.91 Å². The first-order valence-corrected chi connectivity index (χ1v) is 8.46. The van der Waals surface area contributed by atoms with Crippen molar-refractivity contribution in [3.63, 3.8) is 0 Å². The molecule has 0 saturated heterocycles. The number of aromatic nitrogens is 3. The zero-order chi connectivity index (χ0) is 18.0. The first kappa shape index (κ1) is 17.4. The van der Waals surface area contributed by atoms with Crippen molar-refractivity contribution in [2.24, 2.45) is 7.05 Å². The zero-order valence-electron chi connectivity index (χ0n) is 13.4. The Morgan fingerprint density at radius 3 is 2.96 bits per heavy atom. The molecular formula is C16H14ClFN4O2S. The molecule has 2 heterocycles. The summed E-state index contributed by atoms with van der Waals surface area (Å²) >= 11 is 7.18. The van der Waals surface area contributed by atoms with Crippen molar-refractivity contribution in [2.75, 3.05) is 11.9 Å². The van der Waals surface area contributed by atoms with Crippen molar-refractivity contribution in [2.45, 2.75) is 6.92 Å². The van der Waals surface area contributed by atoms with Gasteiger partial charge in [0.1, 0.15) is 11.6 Å². The molecule has 25 heavy (non-hydrogen) atoms. The van der Waals surface area contributed by atoms with E-state index in [-0.39, 0.29) is 23.3 Å². The summed E-state index contributed by atoms with van der Waals surface area (Å²) in [5.74, 6) is 0.162. The third-order valence-electron chi connectivity index (χ3n) is 3.32. The van der Waals surface area contributed by atoms with Gasteiger partial charge in [-0.2, -0.15) is 0 Å². The van der Waals surface area contributed by atoms with Crippen LogP contribution in [0.5, 0.6) is 5.75 Å². The Balaban J connectivity index is 1.64. The molecule has 0 unspecified atom stereocenters. The Bertz CT molecular complexity index is 925. The number of nitrogens with one attached hydrogen (secondary N) is 1. The summed E-state index contributed by atoms with van der Waals surface area (Å²) in [6.45, 7) is 1.59. The lowest BCUT2D eigenvalue weighted by molar-refractivity contribution is -0.118. The minimum absolute atomic E-state index is 0.106. The fraction of sp³-hybridized carbons (Fsp3) is 0.188. The second-order valence-electron chi connectivity index (χ2n) is 5.21. The fourth-order valence-electron chi connectivity index (χ4n) is 2.13. The molecule has 0 aliphatic rings. The molecule has 0 spiro atoms. The average Bonchev–Trinajstić information content (AvgIpc) is 3.11. The van der Waals surface area contributed by atoms with Gasteiger partial charge in [0.2, 0.25) is 0 Å². The second kappa shape index (κ2) is 7.20. The van der Waals surface area contributed by atoms with Crippen LogP contribution in [0, 0.1) is 12.7 Å². The quantitative estimate of drug-likeness (QED) is 0.733. The highest BCUT2D eigenvalue weighted by Gasteiger charge is 2.15. The normalized spacial score (nSPS) is 10.7. The minimum atomic E-state index is -0.470. The number of hydrogen-bond acceptors (Lipinski definition) is 5. The maximum absolute atomic E-state index is 13.0. The van der Waals surface area contributed by atoms with E-state index in [4.69, 9.17) is 16.3 Å². The van der Waals surface area contributed by atoms with Gasteiger partial charge in [-0.1, -0.05) is 22.9 Å². The van der Waals surface area contributed by atoms with Crippen LogP contribution >= 0.6 is 22.9 Å². The molecule has 3 aromatic rings. The monoisotopic (exact) mass is 380 g/mol. The number of carbonyl (C=O) groups is 1. The van der Waals surface area contributed by atoms with Gasteiger partial charge in [0.05, 0.1) is 15.6 Å². The SMILES string of the molecule is Cc1nc(NC(=O)COc2ccc(F)cc2Cl)sc1-c1nccn1C. The first-order valence-electron chi connectivity index (χ1n) is 7.27. The lowest BCUT2D eigenvalue weighted by Gasteiger charge is -2.07. The van der Waals surface area contributed by atoms with E-state index in [2.05, 4.69) is 15.3 Å². The third kappa shape index (κ3) is 3.97. The van der Waals surface area contributed by atoms with Crippen molar-refractivity contribution in [1.82, 2.24) is 14.5 Å². The van der Waals surface area contributed by atoms with Crippen LogP contribution in [-0.2, 0) is 11.8 Å². The molecule has 0 aliphatic heterocycles. The molecule has 0 aliphatic carbocycles. The van der Waals surface area contributed by atoms with Crippen LogP contribution in [0.2, 0.25) is 5.02 Å². The molecule has 0 radical (unpaired) electrons. The van der Waals surface area contributed by atoms with E-state index in [0.29, 0.717) is 5.13 Å². The highest BCUT2D eigenvalue weighted by Crippen LogP contribution is 2.31. The number of anilines is 1. The number of thiazole rings is 1. The van der Waals surface area contributed by atoms with Gasteiger partial charge in [0.15, 0.2) is 17.6 Å². The molecular weight excluding hydrogens is 367 g/mol. The van der Waals surface area contributed by atoms with E-state index in [0.717, 1.165) is 22.5 Å². The summed E-state index contributed by atoms with van der Waals surface area (Å²) in [5.41, 5.74) is 0.775. The van der Waals surface area contributed by atoms with Gasteiger partial charge >= 0.3 is 0 Å². The summed E-state index contributed by atoms with van der Waals surface area (Å²) < 4.78 is 20.2. The van der Waals surface area contributed by atoms with E-state index < -0.39 is 5.82 Å². The zero-order valence-corrected chi connectivity index (χ0v) is 15.0. The summed E-state index contributed by atoms with van der Waals surface area (Å²) in [5, 5.41) is 3.23. The molecule has 0 bridgehead atoms. The van der Waals surface area contributed by atoms with Gasteiger partial charge in [0, 0.05) is 19.4 Å². The van der Waals surface area contributed by atoms with Crippen molar-refractivity contribution in [3.8, 4) is 16.5 Å². The molecule has 1 aromatic carbocycles. The van der Waals surface area contributed by atoms with Gasteiger partial charge in [-0.3, -0.25) is 10.1 Å². The number of imidazole rings is 1. The minimum Gasteiger partial charge on any atom is -0.482 e. The number of rotatable bonds is 5. The topological polar surface area (TPSA) is 69.0 Å². The maximum Gasteiger partial charge on any atom is 0.264 e. The van der Waals surface area contributed by atoms with Crippen LogP contribution in [0.1, 0.15) is 5.69 Å². The Kier molecular flexibility index (Phi) is 5.00. The predicted molar refractivity (Wildman–Crippen MR) is 94.6 cm³/mol. The van der Waals surface area contributed by atoms with Gasteiger partial charge in [-0.15, -0.1) is 0 Å². The van der Waals surface area contributed by atoms with Crippen LogP contribution in [-0.4, -0.2) is 27.0 Å². The summed E-state index contributed by atoms with van der Waals surface area (Å²) in [6.07, 6.45) is 3.54. The number of nitrogens with zero attached hydrogens (tertiary/aromatic N) is 3. The summed E-state index contributed by atoms with van der Waals surface area (Å²) in [4.78, 5) is 21.5. The van der Waals surface area contributed by atoms with Crippen LogP contribution in [0.15, 0.2) is 30.6 Å². The van der Waals surface area contributed by atoms with Gasteiger partial charge in [-0.25, -0.2) is 14.4 Å². The van der Waals surface area contributed by atoms with E-state index in [1.807, 2.05) is 24.7 Å². The lowest BCUT2D eigenvalue weighted by Crippen LogP contribution is -2.20. The third-order valence-corrected chi connectivity index (χ3v) is 4.68. The molecule has 130 valence electrons. The number of benzene rings is 1.